The highest BCUT2D eigenvalue weighted by Gasteiger charge is 2.21. The predicted octanol–water partition coefficient (Wildman–Crippen LogP) is 3.34. The molecule has 0 bridgehead atoms. The Bertz CT molecular complexity index is 593. The van der Waals surface area contributed by atoms with Crippen LogP contribution in [0.4, 0.5) is 0 Å². The Morgan fingerprint density at radius 3 is 2.83 bits per heavy atom. The Morgan fingerprint density at radius 1 is 1.33 bits per heavy atom. The molecular formula is C16H22N2. The summed E-state index contributed by atoms with van der Waals surface area (Å²) in [6.45, 7) is 7.79. The molecule has 1 atom stereocenters. The van der Waals surface area contributed by atoms with E-state index in [0.717, 1.165) is 13.0 Å². The second-order valence-corrected chi connectivity index (χ2v) is 5.90. The van der Waals surface area contributed by atoms with Crippen molar-refractivity contribution in [3.63, 3.8) is 0 Å². The fraction of sp³-hybridized carbons (Fsp3) is 0.500. The summed E-state index contributed by atoms with van der Waals surface area (Å²) in [5.41, 5.74) is 5.83. The molecule has 2 heterocycles. The number of nitrogens with zero attached hydrogens (tertiary/aromatic N) is 1. The summed E-state index contributed by atoms with van der Waals surface area (Å²) < 4.78 is 2.38. The van der Waals surface area contributed by atoms with E-state index < -0.39 is 0 Å². The molecule has 0 spiro atoms. The van der Waals surface area contributed by atoms with Crippen molar-refractivity contribution in [2.75, 3.05) is 0 Å². The highest BCUT2D eigenvalue weighted by molar-refractivity contribution is 5.86. The molecule has 0 saturated carbocycles. The average molecular weight is 242 g/mol. The number of hydrogen-bond donors (Lipinski definition) is 1. The average Bonchev–Trinajstić information content (AvgIpc) is 2.62. The van der Waals surface area contributed by atoms with Crippen LogP contribution >= 0.6 is 0 Å². The smallest absolute Gasteiger partial charge is 0.0483 e. The lowest BCUT2D eigenvalue weighted by atomic mass is 9.97. The molecule has 96 valence electrons. The topological polar surface area (TPSA) is 17.0 Å². The van der Waals surface area contributed by atoms with Crippen LogP contribution in [0.15, 0.2) is 18.2 Å². The molecule has 1 aliphatic heterocycles. The number of aromatic nitrogens is 1. The summed E-state index contributed by atoms with van der Waals surface area (Å²) in [5.74, 6) is 0.598. The van der Waals surface area contributed by atoms with Gasteiger partial charge in [0.05, 0.1) is 0 Å². The Hall–Kier alpha value is -1.28. The molecule has 2 aromatic rings. The second-order valence-electron chi connectivity index (χ2n) is 5.90. The van der Waals surface area contributed by atoms with Crippen molar-refractivity contribution >= 4 is 10.9 Å². The van der Waals surface area contributed by atoms with Crippen LogP contribution in [-0.2, 0) is 20.0 Å². The molecule has 3 rings (SSSR count). The van der Waals surface area contributed by atoms with Crippen LogP contribution < -0.4 is 5.32 Å². The van der Waals surface area contributed by atoms with E-state index in [1.165, 1.54) is 27.7 Å². The summed E-state index contributed by atoms with van der Waals surface area (Å²) in [6.07, 6.45) is 1.14. The maximum atomic E-state index is 3.58. The first-order chi connectivity index (χ1) is 8.58. The second kappa shape index (κ2) is 4.13. The number of fused-ring (bicyclic) bond motifs is 3. The SMILES string of the molecule is CC1Cc2c(c3cc(C(C)C)ccc3n2C)CN1. The van der Waals surface area contributed by atoms with E-state index in [-0.39, 0.29) is 0 Å². The van der Waals surface area contributed by atoms with Gasteiger partial charge in [-0.3, -0.25) is 0 Å². The zero-order valence-electron chi connectivity index (χ0n) is 11.7. The van der Waals surface area contributed by atoms with Gasteiger partial charge in [0.25, 0.3) is 0 Å². The Balaban J connectivity index is 2.24. The van der Waals surface area contributed by atoms with Gasteiger partial charge in [0.1, 0.15) is 0 Å². The molecule has 2 nitrogen and oxygen atoms in total. The minimum Gasteiger partial charge on any atom is -0.347 e. The first-order valence-electron chi connectivity index (χ1n) is 6.91. The largest absolute Gasteiger partial charge is 0.347 e. The summed E-state index contributed by atoms with van der Waals surface area (Å²) in [6, 6.07) is 7.53. The third-order valence-corrected chi connectivity index (χ3v) is 4.25. The van der Waals surface area contributed by atoms with E-state index in [4.69, 9.17) is 0 Å². The normalized spacial score (nSPS) is 19.5. The third kappa shape index (κ3) is 1.67. The molecule has 1 aliphatic rings. The molecular weight excluding hydrogens is 220 g/mol. The maximum absolute atomic E-state index is 3.58. The zero-order chi connectivity index (χ0) is 12.9. The van der Waals surface area contributed by atoms with Crippen LogP contribution in [0.5, 0.6) is 0 Å². The highest BCUT2D eigenvalue weighted by Crippen LogP contribution is 2.31. The molecule has 18 heavy (non-hydrogen) atoms. The van der Waals surface area contributed by atoms with Gasteiger partial charge in [0, 0.05) is 42.7 Å². The quantitative estimate of drug-likeness (QED) is 0.811. The van der Waals surface area contributed by atoms with Crippen LogP contribution in [0.1, 0.15) is 43.5 Å². The van der Waals surface area contributed by atoms with Gasteiger partial charge in [-0.05, 0) is 36.1 Å². The van der Waals surface area contributed by atoms with Crippen molar-refractivity contribution in [2.45, 2.75) is 45.7 Å². The lowest BCUT2D eigenvalue weighted by Gasteiger charge is -2.21. The molecule has 2 heteroatoms. The zero-order valence-corrected chi connectivity index (χ0v) is 11.7. The first-order valence-corrected chi connectivity index (χ1v) is 6.91. The number of benzene rings is 1. The van der Waals surface area contributed by atoms with Gasteiger partial charge in [-0.25, -0.2) is 0 Å². The standard InChI is InChI=1S/C16H22N2/c1-10(2)12-5-6-15-13(8-12)14-9-17-11(3)7-16(14)18(15)4/h5-6,8,10-11,17H,7,9H2,1-4H3. The molecule has 1 unspecified atom stereocenters. The fourth-order valence-electron chi connectivity index (χ4n) is 3.05. The van der Waals surface area contributed by atoms with Crippen LogP contribution in [0, 0.1) is 0 Å². The van der Waals surface area contributed by atoms with Crippen molar-refractivity contribution in [2.24, 2.45) is 7.05 Å². The van der Waals surface area contributed by atoms with Gasteiger partial charge in [-0.2, -0.15) is 0 Å². The number of hydrogen-bond acceptors (Lipinski definition) is 1. The van der Waals surface area contributed by atoms with Gasteiger partial charge >= 0.3 is 0 Å². The van der Waals surface area contributed by atoms with Crippen molar-refractivity contribution < 1.29 is 0 Å². The third-order valence-electron chi connectivity index (χ3n) is 4.25. The lowest BCUT2D eigenvalue weighted by Crippen LogP contribution is -2.33. The van der Waals surface area contributed by atoms with Crippen LogP contribution in [0.25, 0.3) is 10.9 Å². The monoisotopic (exact) mass is 242 g/mol. The van der Waals surface area contributed by atoms with E-state index in [9.17, 15) is 0 Å². The van der Waals surface area contributed by atoms with E-state index in [1.807, 2.05) is 0 Å². The molecule has 1 aromatic heterocycles. The molecule has 0 saturated heterocycles. The van der Waals surface area contributed by atoms with Gasteiger partial charge in [-0.15, -0.1) is 0 Å². The number of nitrogens with one attached hydrogen (secondary N) is 1. The summed E-state index contributed by atoms with van der Waals surface area (Å²) in [4.78, 5) is 0. The van der Waals surface area contributed by atoms with Crippen molar-refractivity contribution in [3.05, 3.63) is 35.0 Å². The Labute approximate surface area is 109 Å². The fourth-order valence-corrected chi connectivity index (χ4v) is 3.05. The van der Waals surface area contributed by atoms with Crippen molar-refractivity contribution in [1.29, 1.82) is 0 Å². The minimum absolute atomic E-state index is 0.588. The summed E-state index contributed by atoms with van der Waals surface area (Å²) in [7, 11) is 2.20. The molecule has 0 fully saturated rings. The summed E-state index contributed by atoms with van der Waals surface area (Å²) in [5, 5.41) is 5.02. The van der Waals surface area contributed by atoms with Gasteiger partial charge in [0.15, 0.2) is 0 Å². The van der Waals surface area contributed by atoms with Crippen molar-refractivity contribution in [3.8, 4) is 0 Å². The van der Waals surface area contributed by atoms with E-state index in [0.29, 0.717) is 12.0 Å². The van der Waals surface area contributed by atoms with E-state index in [1.54, 1.807) is 0 Å². The number of rotatable bonds is 1. The highest BCUT2D eigenvalue weighted by atomic mass is 15.0. The summed E-state index contributed by atoms with van der Waals surface area (Å²) >= 11 is 0. The minimum atomic E-state index is 0.588. The first kappa shape index (κ1) is 11.8. The molecule has 0 radical (unpaired) electrons. The van der Waals surface area contributed by atoms with Gasteiger partial charge in [0.2, 0.25) is 0 Å². The Kier molecular flexibility index (Phi) is 2.70. The maximum Gasteiger partial charge on any atom is 0.0483 e. The molecule has 0 amide bonds. The number of aryl methyl sites for hydroxylation is 1. The Morgan fingerprint density at radius 2 is 2.11 bits per heavy atom. The van der Waals surface area contributed by atoms with Crippen LogP contribution in [0.2, 0.25) is 0 Å². The molecule has 1 aromatic carbocycles. The van der Waals surface area contributed by atoms with E-state index in [2.05, 4.69) is 55.9 Å². The van der Waals surface area contributed by atoms with Crippen LogP contribution in [-0.4, -0.2) is 10.6 Å². The lowest BCUT2D eigenvalue weighted by molar-refractivity contribution is 0.501. The van der Waals surface area contributed by atoms with Crippen molar-refractivity contribution in [1.82, 2.24) is 9.88 Å². The van der Waals surface area contributed by atoms with E-state index >= 15 is 0 Å². The predicted molar refractivity (Wildman–Crippen MR) is 77.0 cm³/mol. The molecule has 1 N–H and O–H groups in total. The van der Waals surface area contributed by atoms with Gasteiger partial charge < -0.3 is 9.88 Å². The van der Waals surface area contributed by atoms with Crippen LogP contribution in [0.3, 0.4) is 0 Å². The molecule has 0 aliphatic carbocycles. The van der Waals surface area contributed by atoms with Gasteiger partial charge in [-0.1, -0.05) is 19.9 Å².